The molecule has 31 heavy (non-hydrogen) atoms. The third-order valence-electron chi connectivity index (χ3n) is 5.03. The lowest BCUT2D eigenvalue weighted by molar-refractivity contribution is -0.129. The molecule has 4 rings (SSSR count). The Kier molecular flexibility index (Phi) is 5.44. The monoisotopic (exact) mass is 418 g/mol. The van der Waals surface area contributed by atoms with Crippen molar-refractivity contribution in [3.05, 3.63) is 72.3 Å². The van der Waals surface area contributed by atoms with Gasteiger partial charge in [-0.2, -0.15) is 0 Å². The molecule has 158 valence electrons. The van der Waals surface area contributed by atoms with Crippen LogP contribution in [0.1, 0.15) is 18.6 Å². The number of nitrogens with one attached hydrogen (secondary N) is 1. The van der Waals surface area contributed by atoms with Crippen molar-refractivity contribution in [3.8, 4) is 11.5 Å². The average Bonchev–Trinajstić information content (AvgIpc) is 2.79. The number of nitrogens with zero attached hydrogens (tertiary/aromatic N) is 2. The number of rotatable bonds is 5. The number of methoxy groups -OCH3 is 1. The number of hydrogen-bond donors (Lipinski definition) is 2. The smallest absolute Gasteiger partial charge is 0.274 e. The number of fused-ring (bicyclic) bond motifs is 1. The van der Waals surface area contributed by atoms with Gasteiger partial charge in [0.25, 0.3) is 5.91 Å². The van der Waals surface area contributed by atoms with Crippen LogP contribution in [0.3, 0.4) is 0 Å². The molecule has 2 aromatic carbocycles. The molecule has 1 aromatic heterocycles. The van der Waals surface area contributed by atoms with Crippen molar-refractivity contribution >= 4 is 29.1 Å². The Balaban J connectivity index is 1.70. The van der Waals surface area contributed by atoms with E-state index in [1.54, 1.807) is 55.5 Å². The number of benzene rings is 2. The van der Waals surface area contributed by atoms with Crippen LogP contribution in [0.25, 0.3) is 0 Å². The second kappa shape index (κ2) is 8.35. The highest BCUT2D eigenvalue weighted by Gasteiger charge is 2.41. The topological polar surface area (TPSA) is 107 Å². The van der Waals surface area contributed by atoms with Crippen molar-refractivity contribution in [3.63, 3.8) is 0 Å². The molecule has 8 heteroatoms. The lowest BCUT2D eigenvalue weighted by atomic mass is 10.0. The number of para-hydroxylation sites is 2. The van der Waals surface area contributed by atoms with Crippen molar-refractivity contribution in [2.24, 2.45) is 0 Å². The van der Waals surface area contributed by atoms with Crippen molar-refractivity contribution in [1.82, 2.24) is 4.98 Å². The third-order valence-corrected chi connectivity index (χ3v) is 5.03. The first-order chi connectivity index (χ1) is 15.0. The summed E-state index contributed by atoms with van der Waals surface area (Å²) in [6.07, 6.45) is -0.902. The van der Waals surface area contributed by atoms with Gasteiger partial charge in [0, 0.05) is 5.56 Å². The number of pyridine rings is 1. The second-order valence-corrected chi connectivity index (χ2v) is 7.04. The summed E-state index contributed by atoms with van der Waals surface area (Å²) >= 11 is 0. The quantitative estimate of drug-likeness (QED) is 0.659. The molecule has 0 bridgehead atoms. The van der Waals surface area contributed by atoms with E-state index in [4.69, 9.17) is 15.2 Å². The Hall–Kier alpha value is -4.07. The fourth-order valence-corrected chi connectivity index (χ4v) is 3.44. The summed E-state index contributed by atoms with van der Waals surface area (Å²) in [5.41, 5.74) is 7.03. The number of ether oxygens (including phenoxy) is 2. The maximum absolute atomic E-state index is 13.4. The number of anilines is 3. The Morgan fingerprint density at radius 2 is 1.84 bits per heavy atom. The van der Waals surface area contributed by atoms with Gasteiger partial charge in [0.2, 0.25) is 12.0 Å². The fourth-order valence-electron chi connectivity index (χ4n) is 3.44. The van der Waals surface area contributed by atoms with Crippen molar-refractivity contribution in [2.75, 3.05) is 23.1 Å². The molecule has 1 aliphatic heterocycles. The van der Waals surface area contributed by atoms with Gasteiger partial charge >= 0.3 is 0 Å². The largest absolute Gasteiger partial charge is 0.495 e. The van der Waals surface area contributed by atoms with Gasteiger partial charge in [-0.15, -0.1) is 0 Å². The summed E-state index contributed by atoms with van der Waals surface area (Å²) in [4.78, 5) is 32.1. The third kappa shape index (κ3) is 3.87. The van der Waals surface area contributed by atoms with Crippen molar-refractivity contribution < 1.29 is 19.1 Å². The molecule has 8 nitrogen and oxygen atoms in total. The van der Waals surface area contributed by atoms with Gasteiger partial charge in [0.1, 0.15) is 17.6 Å². The molecule has 2 atom stereocenters. The Bertz CT molecular complexity index is 1120. The molecule has 0 fully saturated rings. The van der Waals surface area contributed by atoms with E-state index in [1.807, 2.05) is 18.2 Å². The fraction of sp³-hybridized carbons (Fsp3) is 0.174. The number of nitrogen functional groups attached to an aromatic ring is 1. The lowest BCUT2D eigenvalue weighted by Crippen LogP contribution is -2.51. The maximum Gasteiger partial charge on any atom is 0.274 e. The lowest BCUT2D eigenvalue weighted by Gasteiger charge is -2.36. The minimum Gasteiger partial charge on any atom is -0.495 e. The summed E-state index contributed by atoms with van der Waals surface area (Å²) in [6.45, 7) is 1.63. The van der Waals surface area contributed by atoms with Gasteiger partial charge in [-0.3, -0.25) is 14.5 Å². The molecule has 2 unspecified atom stereocenters. The van der Waals surface area contributed by atoms with Gasteiger partial charge in [0.15, 0.2) is 11.6 Å². The van der Waals surface area contributed by atoms with E-state index < -0.39 is 24.0 Å². The molecule has 0 radical (unpaired) electrons. The minimum atomic E-state index is -0.902. The summed E-state index contributed by atoms with van der Waals surface area (Å²) in [5, 5.41) is 2.82. The van der Waals surface area contributed by atoms with Gasteiger partial charge in [-0.25, -0.2) is 4.98 Å². The first kappa shape index (κ1) is 20.2. The van der Waals surface area contributed by atoms with Crippen molar-refractivity contribution in [2.45, 2.75) is 19.1 Å². The van der Waals surface area contributed by atoms with E-state index in [1.165, 1.54) is 12.0 Å². The van der Waals surface area contributed by atoms with Gasteiger partial charge in [0.05, 0.1) is 12.8 Å². The van der Waals surface area contributed by atoms with Crippen LogP contribution in [0.2, 0.25) is 0 Å². The Morgan fingerprint density at radius 3 is 2.58 bits per heavy atom. The van der Waals surface area contributed by atoms with Gasteiger partial charge < -0.3 is 20.5 Å². The van der Waals surface area contributed by atoms with Crippen LogP contribution in [-0.4, -0.2) is 29.9 Å². The molecule has 2 amide bonds. The summed E-state index contributed by atoms with van der Waals surface area (Å²) in [5.74, 6) is 0.512. The van der Waals surface area contributed by atoms with E-state index in [9.17, 15) is 9.59 Å². The average molecular weight is 418 g/mol. The molecule has 0 spiro atoms. The zero-order chi connectivity index (χ0) is 22.0. The molecular formula is C23H22N4O4. The number of nitrogens with two attached hydrogens (primary N) is 1. The van der Waals surface area contributed by atoms with E-state index in [2.05, 4.69) is 10.3 Å². The van der Waals surface area contributed by atoms with Crippen molar-refractivity contribution in [1.29, 1.82) is 0 Å². The van der Waals surface area contributed by atoms with E-state index >= 15 is 0 Å². The van der Waals surface area contributed by atoms with Crippen LogP contribution >= 0.6 is 0 Å². The molecule has 3 N–H and O–H groups in total. The van der Waals surface area contributed by atoms with Crippen LogP contribution in [0, 0.1) is 0 Å². The number of carbonyl (C=O) groups is 2. The highest BCUT2D eigenvalue weighted by Crippen LogP contribution is 2.39. The highest BCUT2D eigenvalue weighted by atomic mass is 16.5. The highest BCUT2D eigenvalue weighted by molar-refractivity contribution is 6.08. The number of hydrogen-bond acceptors (Lipinski definition) is 6. The van der Waals surface area contributed by atoms with E-state index in [0.29, 0.717) is 22.7 Å². The first-order valence-corrected chi connectivity index (χ1v) is 9.74. The van der Waals surface area contributed by atoms with Gasteiger partial charge in [-0.05, 0) is 31.2 Å². The number of carbonyl (C=O) groups excluding carboxylic acids is 2. The Labute approximate surface area is 179 Å². The summed E-state index contributed by atoms with van der Waals surface area (Å²) < 4.78 is 11.2. The van der Waals surface area contributed by atoms with Crippen LogP contribution in [0.4, 0.5) is 17.3 Å². The minimum absolute atomic E-state index is 0.208. The zero-order valence-electron chi connectivity index (χ0n) is 17.1. The second-order valence-electron chi connectivity index (χ2n) is 7.04. The predicted molar refractivity (Wildman–Crippen MR) is 117 cm³/mol. The number of aromatic nitrogens is 1. The molecule has 0 saturated heterocycles. The molecule has 0 saturated carbocycles. The molecule has 2 heterocycles. The van der Waals surface area contributed by atoms with E-state index in [0.717, 1.165) is 0 Å². The number of amides is 2. The Morgan fingerprint density at radius 1 is 1.13 bits per heavy atom. The molecular weight excluding hydrogens is 396 g/mol. The van der Waals surface area contributed by atoms with Gasteiger partial charge in [-0.1, -0.05) is 42.5 Å². The van der Waals surface area contributed by atoms with Crippen LogP contribution in [0.15, 0.2) is 66.7 Å². The van der Waals surface area contributed by atoms with Crippen LogP contribution in [-0.2, 0) is 9.59 Å². The zero-order valence-corrected chi connectivity index (χ0v) is 17.1. The summed E-state index contributed by atoms with van der Waals surface area (Å²) in [7, 11) is 1.52. The molecule has 3 aromatic rings. The summed E-state index contributed by atoms with van der Waals surface area (Å²) in [6, 6.07) is 18.5. The van der Waals surface area contributed by atoms with Crippen LogP contribution < -0.4 is 25.4 Å². The predicted octanol–water partition coefficient (Wildman–Crippen LogP) is 3.17. The normalized spacial score (nSPS) is 16.1. The standard InChI is InChI=1S/C23H22N4O4/c1-14(22(28)25-16-10-6-7-11-17(16)30-2)27-21-18(12-13-19(24)26-21)31-20(23(27)29)15-8-4-3-5-9-15/h3-14,20H,1-2H3,(H2,24,26)(H,25,28). The van der Waals surface area contributed by atoms with Crippen LogP contribution in [0.5, 0.6) is 11.5 Å². The van der Waals surface area contributed by atoms with E-state index in [-0.39, 0.29) is 11.6 Å². The SMILES string of the molecule is COc1ccccc1NC(=O)C(C)N1C(=O)C(c2ccccc2)Oc2ccc(N)nc21. The maximum atomic E-state index is 13.4. The molecule has 0 aliphatic carbocycles. The molecule has 1 aliphatic rings. The first-order valence-electron chi connectivity index (χ1n) is 9.74.